The molecule has 0 radical (unpaired) electrons. The first-order valence-corrected chi connectivity index (χ1v) is 4.97. The van der Waals surface area contributed by atoms with E-state index in [0.717, 1.165) is 5.01 Å². The van der Waals surface area contributed by atoms with Gasteiger partial charge in [-0.25, -0.2) is 5.84 Å². The maximum Gasteiger partial charge on any atom is 0.306 e. The molecule has 0 aliphatic heterocycles. The van der Waals surface area contributed by atoms with Crippen LogP contribution in [0.4, 0.5) is 0 Å². The second kappa shape index (κ2) is 5.70. The molecule has 0 aromatic carbocycles. The topological polar surface area (TPSA) is 72.6 Å². The van der Waals surface area contributed by atoms with Crippen molar-refractivity contribution in [1.29, 1.82) is 0 Å². The molecule has 0 heterocycles. The van der Waals surface area contributed by atoms with Crippen LogP contribution in [0.2, 0.25) is 0 Å². The lowest BCUT2D eigenvalue weighted by Gasteiger charge is -2.20. The SMILES string of the molecule is CC(=O)N(N)CCCC(=O)OC(C)(C)C. The lowest BCUT2D eigenvalue weighted by atomic mass is 10.2. The Bertz CT molecular complexity index is 233. The lowest BCUT2D eigenvalue weighted by Crippen LogP contribution is -2.36. The molecule has 0 fully saturated rings. The molecule has 2 N–H and O–H groups in total. The van der Waals surface area contributed by atoms with E-state index in [0.29, 0.717) is 13.0 Å². The Kier molecular flexibility index (Phi) is 5.28. The molecule has 0 unspecified atom stereocenters. The highest BCUT2D eigenvalue weighted by Crippen LogP contribution is 2.09. The predicted octanol–water partition coefficient (Wildman–Crippen LogP) is 0.830. The minimum Gasteiger partial charge on any atom is -0.460 e. The van der Waals surface area contributed by atoms with Crippen molar-refractivity contribution in [2.24, 2.45) is 5.84 Å². The summed E-state index contributed by atoms with van der Waals surface area (Å²) in [5, 5.41) is 1.09. The molecule has 0 aromatic rings. The predicted molar refractivity (Wildman–Crippen MR) is 56.7 cm³/mol. The van der Waals surface area contributed by atoms with Gasteiger partial charge in [0.2, 0.25) is 5.91 Å². The van der Waals surface area contributed by atoms with Crippen molar-refractivity contribution in [1.82, 2.24) is 5.01 Å². The third-order valence-electron chi connectivity index (χ3n) is 1.60. The quantitative estimate of drug-likeness (QED) is 0.327. The largest absolute Gasteiger partial charge is 0.460 e. The van der Waals surface area contributed by atoms with Crippen molar-refractivity contribution in [2.45, 2.75) is 46.1 Å². The van der Waals surface area contributed by atoms with Gasteiger partial charge >= 0.3 is 5.97 Å². The number of hydrogen-bond acceptors (Lipinski definition) is 4. The molecule has 0 aromatic heterocycles. The first-order chi connectivity index (χ1) is 6.72. The lowest BCUT2D eigenvalue weighted by molar-refractivity contribution is -0.155. The monoisotopic (exact) mass is 216 g/mol. The average Bonchev–Trinajstić information content (AvgIpc) is 2.00. The van der Waals surface area contributed by atoms with Crippen LogP contribution in [0.1, 0.15) is 40.5 Å². The Morgan fingerprint density at radius 1 is 1.33 bits per heavy atom. The molecule has 15 heavy (non-hydrogen) atoms. The number of hydrogen-bond donors (Lipinski definition) is 1. The fourth-order valence-electron chi connectivity index (χ4n) is 0.944. The Labute approximate surface area is 90.5 Å². The van der Waals surface area contributed by atoms with Crippen LogP contribution in [-0.4, -0.2) is 29.0 Å². The van der Waals surface area contributed by atoms with Crippen LogP contribution in [0.25, 0.3) is 0 Å². The second-order valence-electron chi connectivity index (χ2n) is 4.40. The van der Waals surface area contributed by atoms with Crippen LogP contribution >= 0.6 is 0 Å². The number of nitrogens with zero attached hydrogens (tertiary/aromatic N) is 1. The molecule has 1 amide bonds. The van der Waals surface area contributed by atoms with Gasteiger partial charge in [-0.15, -0.1) is 0 Å². The van der Waals surface area contributed by atoms with E-state index >= 15 is 0 Å². The van der Waals surface area contributed by atoms with Gasteiger partial charge in [0.05, 0.1) is 0 Å². The van der Waals surface area contributed by atoms with E-state index < -0.39 is 5.60 Å². The van der Waals surface area contributed by atoms with Gasteiger partial charge in [-0.05, 0) is 27.2 Å². The summed E-state index contributed by atoms with van der Waals surface area (Å²) in [6.07, 6.45) is 0.795. The standard InChI is InChI=1S/C10H20N2O3/c1-8(13)12(11)7-5-6-9(14)15-10(2,3)4/h5-7,11H2,1-4H3. The van der Waals surface area contributed by atoms with Crippen molar-refractivity contribution in [3.63, 3.8) is 0 Å². The minimum absolute atomic E-state index is 0.209. The van der Waals surface area contributed by atoms with Gasteiger partial charge in [0.1, 0.15) is 5.60 Å². The zero-order valence-corrected chi connectivity index (χ0v) is 9.87. The van der Waals surface area contributed by atoms with Crippen LogP contribution in [-0.2, 0) is 14.3 Å². The smallest absolute Gasteiger partial charge is 0.306 e. The van der Waals surface area contributed by atoms with Crippen LogP contribution < -0.4 is 5.84 Å². The van der Waals surface area contributed by atoms with Gasteiger partial charge in [0.25, 0.3) is 0 Å². The molecule has 0 aliphatic rings. The second-order valence-corrected chi connectivity index (χ2v) is 4.40. The number of nitrogens with two attached hydrogens (primary N) is 1. The number of esters is 1. The maximum atomic E-state index is 11.2. The van der Waals surface area contributed by atoms with Crippen LogP contribution in [0.15, 0.2) is 0 Å². The molecular weight excluding hydrogens is 196 g/mol. The van der Waals surface area contributed by atoms with E-state index in [-0.39, 0.29) is 18.3 Å². The molecule has 0 saturated heterocycles. The van der Waals surface area contributed by atoms with Crippen molar-refractivity contribution in [3.05, 3.63) is 0 Å². The summed E-state index contributed by atoms with van der Waals surface area (Å²) in [5.74, 6) is 4.89. The average molecular weight is 216 g/mol. The summed E-state index contributed by atoms with van der Waals surface area (Å²) in [4.78, 5) is 22.0. The summed E-state index contributed by atoms with van der Waals surface area (Å²) >= 11 is 0. The molecule has 88 valence electrons. The number of carbonyl (C=O) groups excluding carboxylic acids is 2. The summed E-state index contributed by atoms with van der Waals surface area (Å²) in [6, 6.07) is 0. The summed E-state index contributed by atoms with van der Waals surface area (Å²) in [7, 11) is 0. The van der Waals surface area contributed by atoms with E-state index in [9.17, 15) is 9.59 Å². The molecular formula is C10H20N2O3. The van der Waals surface area contributed by atoms with E-state index in [1.54, 1.807) is 0 Å². The van der Waals surface area contributed by atoms with Gasteiger partial charge in [0.15, 0.2) is 0 Å². The van der Waals surface area contributed by atoms with Crippen molar-refractivity contribution in [3.8, 4) is 0 Å². The van der Waals surface area contributed by atoms with Gasteiger partial charge in [-0.1, -0.05) is 0 Å². The van der Waals surface area contributed by atoms with E-state index in [1.165, 1.54) is 6.92 Å². The molecule has 5 nitrogen and oxygen atoms in total. The van der Waals surface area contributed by atoms with E-state index in [4.69, 9.17) is 10.6 Å². The van der Waals surface area contributed by atoms with Crippen molar-refractivity contribution in [2.75, 3.05) is 6.54 Å². The molecule has 0 rings (SSSR count). The summed E-state index contributed by atoms with van der Waals surface area (Å²) in [6.45, 7) is 7.20. The highest BCUT2D eigenvalue weighted by Gasteiger charge is 2.16. The fourth-order valence-corrected chi connectivity index (χ4v) is 0.944. The first kappa shape index (κ1) is 13.9. The van der Waals surface area contributed by atoms with Crippen molar-refractivity contribution < 1.29 is 14.3 Å². The van der Waals surface area contributed by atoms with Gasteiger partial charge in [-0.3, -0.25) is 14.6 Å². The Hall–Kier alpha value is -1.10. The summed E-state index contributed by atoms with van der Waals surface area (Å²) in [5.41, 5.74) is -0.458. The number of rotatable bonds is 4. The maximum absolute atomic E-state index is 11.2. The zero-order chi connectivity index (χ0) is 12.1. The minimum atomic E-state index is -0.458. The Morgan fingerprint density at radius 2 is 1.87 bits per heavy atom. The number of ether oxygens (including phenoxy) is 1. The van der Waals surface area contributed by atoms with Gasteiger partial charge < -0.3 is 4.74 Å². The van der Waals surface area contributed by atoms with Crippen LogP contribution in [0.3, 0.4) is 0 Å². The molecule has 0 atom stereocenters. The third kappa shape index (κ3) is 7.93. The first-order valence-electron chi connectivity index (χ1n) is 4.97. The molecule has 5 heteroatoms. The molecule has 0 spiro atoms. The van der Waals surface area contributed by atoms with E-state index in [1.807, 2.05) is 20.8 Å². The molecule has 0 aliphatic carbocycles. The number of amides is 1. The molecule has 0 bridgehead atoms. The normalized spacial score (nSPS) is 11.0. The zero-order valence-electron chi connectivity index (χ0n) is 9.87. The fraction of sp³-hybridized carbons (Fsp3) is 0.800. The number of hydrazine groups is 1. The van der Waals surface area contributed by atoms with Crippen LogP contribution in [0, 0.1) is 0 Å². The highest BCUT2D eigenvalue weighted by molar-refractivity contribution is 5.72. The highest BCUT2D eigenvalue weighted by atomic mass is 16.6. The van der Waals surface area contributed by atoms with Crippen LogP contribution in [0.5, 0.6) is 0 Å². The Morgan fingerprint density at radius 3 is 2.27 bits per heavy atom. The molecule has 0 saturated carbocycles. The number of carbonyl (C=O) groups is 2. The van der Waals surface area contributed by atoms with Gasteiger partial charge in [0, 0.05) is 19.9 Å². The van der Waals surface area contributed by atoms with Gasteiger partial charge in [-0.2, -0.15) is 0 Å². The van der Waals surface area contributed by atoms with E-state index in [2.05, 4.69) is 0 Å². The Balaban J connectivity index is 3.69. The van der Waals surface area contributed by atoms with Crippen molar-refractivity contribution >= 4 is 11.9 Å². The third-order valence-corrected chi connectivity index (χ3v) is 1.60. The summed E-state index contributed by atoms with van der Waals surface area (Å²) < 4.78 is 5.10.